The number of hydrogen-bond acceptors (Lipinski definition) is 3. The molecule has 1 aromatic heterocycles. The van der Waals surface area contributed by atoms with Gasteiger partial charge in [0.2, 0.25) is 0 Å². The number of halogens is 3. The molecule has 1 saturated heterocycles. The third kappa shape index (κ3) is 4.28. The largest absolute Gasteiger partial charge is 0.402 e. The molecule has 2 aromatic carbocycles. The SMILES string of the molecule is Cc1ccc(-c2cc(-c3ccc4c(c3)C[C@@H]3CC[C@H](C4)[C@]34CN(CC(F)(F)F)S(=O)(=O)N4)nn2C)cc1. The van der Waals surface area contributed by atoms with Gasteiger partial charge in [-0.1, -0.05) is 42.0 Å². The molecule has 1 aliphatic heterocycles. The average molecular weight is 531 g/mol. The van der Waals surface area contributed by atoms with Crippen molar-refractivity contribution in [3.05, 3.63) is 65.2 Å². The first kappa shape index (κ1) is 24.6. The Morgan fingerprint density at radius 2 is 1.65 bits per heavy atom. The topological polar surface area (TPSA) is 67.2 Å². The molecular formula is C27H29F3N4O2S. The highest BCUT2D eigenvalue weighted by Crippen LogP contribution is 2.50. The maximum atomic E-state index is 13.1. The first-order valence-electron chi connectivity index (χ1n) is 12.5. The third-order valence-electron chi connectivity index (χ3n) is 8.43. The summed E-state index contributed by atoms with van der Waals surface area (Å²) in [7, 11) is -2.27. The van der Waals surface area contributed by atoms with Crippen LogP contribution >= 0.6 is 0 Å². The van der Waals surface area contributed by atoms with Crippen LogP contribution in [0.2, 0.25) is 0 Å². The minimum Gasteiger partial charge on any atom is -0.267 e. The van der Waals surface area contributed by atoms with E-state index in [-0.39, 0.29) is 18.4 Å². The lowest BCUT2D eigenvalue weighted by Gasteiger charge is -2.33. The number of benzene rings is 2. The van der Waals surface area contributed by atoms with E-state index in [1.54, 1.807) is 0 Å². The number of hydrogen-bond donors (Lipinski definition) is 1. The molecule has 1 spiro atoms. The van der Waals surface area contributed by atoms with Gasteiger partial charge in [-0.3, -0.25) is 4.68 Å². The van der Waals surface area contributed by atoms with Gasteiger partial charge in [0.25, 0.3) is 10.2 Å². The third-order valence-corrected chi connectivity index (χ3v) is 10.0. The zero-order valence-electron chi connectivity index (χ0n) is 20.7. The Hall–Kier alpha value is -2.69. The van der Waals surface area contributed by atoms with Gasteiger partial charge in [0.05, 0.1) is 16.9 Å². The highest BCUT2D eigenvalue weighted by Gasteiger charge is 2.60. The van der Waals surface area contributed by atoms with E-state index in [1.165, 1.54) is 5.56 Å². The van der Waals surface area contributed by atoms with E-state index in [2.05, 4.69) is 54.1 Å². The molecule has 2 aliphatic carbocycles. The van der Waals surface area contributed by atoms with E-state index in [1.807, 2.05) is 17.8 Å². The zero-order chi connectivity index (χ0) is 26.2. The van der Waals surface area contributed by atoms with Crippen molar-refractivity contribution in [2.24, 2.45) is 18.9 Å². The molecule has 0 radical (unpaired) electrons. The Kier molecular flexibility index (Phi) is 5.60. The summed E-state index contributed by atoms with van der Waals surface area (Å²) in [6.07, 6.45) is -1.72. The Labute approximate surface area is 214 Å². The van der Waals surface area contributed by atoms with Crippen molar-refractivity contribution in [1.29, 1.82) is 0 Å². The molecule has 10 heteroatoms. The zero-order valence-corrected chi connectivity index (χ0v) is 21.5. The van der Waals surface area contributed by atoms with Gasteiger partial charge in [0.15, 0.2) is 0 Å². The number of aryl methyl sites for hydroxylation is 2. The molecule has 3 atom stereocenters. The molecule has 2 heterocycles. The fraction of sp³-hybridized carbons (Fsp3) is 0.444. The number of rotatable bonds is 3. The van der Waals surface area contributed by atoms with Crippen LogP contribution in [0.4, 0.5) is 13.2 Å². The second-order valence-electron chi connectivity index (χ2n) is 10.8. The second-order valence-corrected chi connectivity index (χ2v) is 12.5. The Morgan fingerprint density at radius 1 is 1.00 bits per heavy atom. The molecule has 3 aliphatic rings. The molecule has 6 rings (SSSR count). The average Bonchev–Trinajstić information content (AvgIpc) is 3.38. The predicted octanol–water partition coefficient (Wildman–Crippen LogP) is 4.64. The first-order valence-corrected chi connectivity index (χ1v) is 14.0. The Balaban J connectivity index is 1.31. The van der Waals surface area contributed by atoms with Gasteiger partial charge in [-0.2, -0.15) is 35.7 Å². The van der Waals surface area contributed by atoms with Gasteiger partial charge in [-0.25, -0.2) is 0 Å². The van der Waals surface area contributed by atoms with Crippen molar-refractivity contribution in [2.75, 3.05) is 13.1 Å². The van der Waals surface area contributed by atoms with Gasteiger partial charge in [0, 0.05) is 19.2 Å². The molecule has 2 bridgehead atoms. The molecule has 1 N–H and O–H groups in total. The summed E-state index contributed by atoms with van der Waals surface area (Å²) in [5, 5.41) is 4.75. The van der Waals surface area contributed by atoms with Crippen molar-refractivity contribution in [3.63, 3.8) is 0 Å². The standard InChI is InChI=1S/C27H29F3N4O2S/c1-17-3-5-18(6-4-17)25-14-24(31-33(25)2)20-8-7-19-12-22-9-10-23(13-21(19)11-20)26(22)15-34(16-27(28,29)30)37(35,36)32-26/h3-8,11,14,22-23,32H,9-10,12-13,15-16H2,1-2H3/t22-,23+,26-/m1/s1. The molecule has 37 heavy (non-hydrogen) atoms. The van der Waals surface area contributed by atoms with Crippen LogP contribution < -0.4 is 4.72 Å². The summed E-state index contributed by atoms with van der Waals surface area (Å²) in [6, 6.07) is 16.6. The second kappa shape index (κ2) is 8.41. The number of nitrogens with one attached hydrogen (secondary N) is 1. The van der Waals surface area contributed by atoms with Gasteiger partial charge < -0.3 is 0 Å². The van der Waals surface area contributed by atoms with Crippen LogP contribution in [0.5, 0.6) is 0 Å². The number of fused-ring (bicyclic) bond motifs is 1. The summed E-state index contributed by atoms with van der Waals surface area (Å²) in [6.45, 7) is 0.462. The molecule has 3 aromatic rings. The van der Waals surface area contributed by atoms with Crippen LogP contribution in [0.15, 0.2) is 48.5 Å². The molecule has 2 fully saturated rings. The maximum Gasteiger partial charge on any atom is 0.402 e. The molecule has 196 valence electrons. The van der Waals surface area contributed by atoms with Gasteiger partial charge in [-0.15, -0.1) is 0 Å². The number of aromatic nitrogens is 2. The van der Waals surface area contributed by atoms with Gasteiger partial charge in [-0.05, 0) is 73.3 Å². The number of alkyl halides is 3. The summed E-state index contributed by atoms with van der Waals surface area (Å²) < 4.78 is 70.0. The maximum absolute atomic E-state index is 13.1. The van der Waals surface area contributed by atoms with Crippen LogP contribution in [0.3, 0.4) is 0 Å². The normalized spacial score (nSPS) is 26.9. The van der Waals surface area contributed by atoms with Crippen molar-refractivity contribution in [3.8, 4) is 22.5 Å². The van der Waals surface area contributed by atoms with E-state index in [9.17, 15) is 21.6 Å². The van der Waals surface area contributed by atoms with E-state index in [0.717, 1.165) is 46.5 Å². The van der Waals surface area contributed by atoms with E-state index in [0.29, 0.717) is 17.1 Å². The van der Waals surface area contributed by atoms with E-state index in [4.69, 9.17) is 5.10 Å². The first-order chi connectivity index (χ1) is 17.4. The highest BCUT2D eigenvalue weighted by molar-refractivity contribution is 7.87. The van der Waals surface area contributed by atoms with Crippen molar-refractivity contribution < 1.29 is 21.6 Å². The van der Waals surface area contributed by atoms with E-state index < -0.39 is 28.5 Å². The summed E-state index contributed by atoms with van der Waals surface area (Å²) in [5.41, 5.74) is 6.50. The summed E-state index contributed by atoms with van der Waals surface area (Å²) >= 11 is 0. The molecular weight excluding hydrogens is 501 g/mol. The summed E-state index contributed by atoms with van der Waals surface area (Å²) in [4.78, 5) is 0. The Bertz CT molecular complexity index is 1470. The monoisotopic (exact) mass is 530 g/mol. The lowest BCUT2D eigenvalue weighted by atomic mass is 9.79. The minimum atomic E-state index is -4.58. The quantitative estimate of drug-likeness (QED) is 0.537. The van der Waals surface area contributed by atoms with Crippen LogP contribution in [-0.2, 0) is 30.1 Å². The predicted molar refractivity (Wildman–Crippen MR) is 135 cm³/mol. The highest BCUT2D eigenvalue weighted by atomic mass is 32.2. The minimum absolute atomic E-state index is 0.0411. The lowest BCUT2D eigenvalue weighted by molar-refractivity contribution is -0.136. The fourth-order valence-corrected chi connectivity index (χ4v) is 8.31. The molecule has 6 nitrogen and oxygen atoms in total. The van der Waals surface area contributed by atoms with Crippen LogP contribution in [-0.4, -0.2) is 47.3 Å². The summed E-state index contributed by atoms with van der Waals surface area (Å²) in [5.74, 6) is -0.102. The smallest absolute Gasteiger partial charge is 0.267 e. The van der Waals surface area contributed by atoms with Gasteiger partial charge >= 0.3 is 6.18 Å². The van der Waals surface area contributed by atoms with Crippen molar-refractivity contribution in [2.45, 2.75) is 44.3 Å². The fourth-order valence-electron chi connectivity index (χ4n) is 6.61. The van der Waals surface area contributed by atoms with Crippen molar-refractivity contribution >= 4 is 10.2 Å². The van der Waals surface area contributed by atoms with E-state index >= 15 is 0 Å². The van der Waals surface area contributed by atoms with Crippen LogP contribution in [0.25, 0.3) is 22.5 Å². The number of nitrogens with zero attached hydrogens (tertiary/aromatic N) is 3. The van der Waals surface area contributed by atoms with Gasteiger partial charge in [0.1, 0.15) is 6.54 Å². The van der Waals surface area contributed by atoms with Crippen LogP contribution in [0.1, 0.15) is 29.5 Å². The molecule has 1 saturated carbocycles. The Morgan fingerprint density at radius 3 is 2.32 bits per heavy atom. The lowest BCUT2D eigenvalue weighted by Crippen LogP contribution is -2.52. The molecule has 0 unspecified atom stereocenters. The van der Waals surface area contributed by atoms with Crippen LogP contribution in [0, 0.1) is 18.8 Å². The molecule has 0 amide bonds. The van der Waals surface area contributed by atoms with Crippen molar-refractivity contribution in [1.82, 2.24) is 18.8 Å².